The Kier molecular flexibility index (Phi) is 6.14. The van der Waals surface area contributed by atoms with Crippen LogP contribution in [0.4, 0.5) is 5.95 Å². The molecule has 1 aromatic carbocycles. The largest absolute Gasteiger partial charge is 0.338 e. The fraction of sp³-hybridized carbons (Fsp3) is 0.381. The predicted octanol–water partition coefficient (Wildman–Crippen LogP) is 3.80. The van der Waals surface area contributed by atoms with Gasteiger partial charge in [0.25, 0.3) is 0 Å². The minimum atomic E-state index is 0.705. The number of aryl methyl sites for hydroxylation is 1. The van der Waals surface area contributed by atoms with E-state index in [9.17, 15) is 0 Å². The van der Waals surface area contributed by atoms with E-state index in [0.29, 0.717) is 5.56 Å². The number of hydrogen-bond acceptors (Lipinski definition) is 6. The summed E-state index contributed by atoms with van der Waals surface area (Å²) in [4.78, 5) is 5.99. The van der Waals surface area contributed by atoms with Crippen LogP contribution in [0.5, 0.6) is 0 Å². The van der Waals surface area contributed by atoms with Gasteiger partial charge in [0, 0.05) is 44.0 Å². The van der Waals surface area contributed by atoms with E-state index < -0.39 is 0 Å². The lowest BCUT2D eigenvalue weighted by Crippen LogP contribution is -2.47. The molecule has 150 valence electrons. The molecule has 0 bridgehead atoms. The molecule has 6 nitrogen and oxygen atoms in total. The van der Waals surface area contributed by atoms with E-state index in [0.717, 1.165) is 61.8 Å². The van der Waals surface area contributed by atoms with Crippen molar-refractivity contribution in [2.45, 2.75) is 26.4 Å². The van der Waals surface area contributed by atoms with Gasteiger partial charge in [-0.1, -0.05) is 30.7 Å². The van der Waals surface area contributed by atoms with Crippen LogP contribution in [0.15, 0.2) is 36.4 Å². The van der Waals surface area contributed by atoms with Gasteiger partial charge in [-0.25, -0.2) is 0 Å². The number of piperazine rings is 1. The molecule has 8 heteroatoms. The summed E-state index contributed by atoms with van der Waals surface area (Å²) in [6, 6.07) is 14.0. The van der Waals surface area contributed by atoms with Crippen LogP contribution in [0.1, 0.15) is 28.8 Å². The standard InChI is InChI=1S/C21H23ClN6S/c1-2-20-24-25-21(28(20)15-18-7-8-19(22)29-18)27-11-9-26(10-12-27)14-17-5-3-16(13-23)4-6-17/h3-8H,2,9-12,14-15H2,1H3. The zero-order valence-electron chi connectivity index (χ0n) is 16.4. The molecule has 1 aliphatic rings. The first-order chi connectivity index (χ1) is 14.2. The first-order valence-electron chi connectivity index (χ1n) is 9.79. The maximum Gasteiger partial charge on any atom is 0.227 e. The minimum Gasteiger partial charge on any atom is -0.338 e. The molecule has 3 heterocycles. The third kappa shape index (κ3) is 4.61. The number of hydrogen-bond donors (Lipinski definition) is 0. The van der Waals surface area contributed by atoms with Crippen LogP contribution in [0.3, 0.4) is 0 Å². The number of halogens is 1. The lowest BCUT2D eigenvalue weighted by molar-refractivity contribution is 0.248. The molecule has 0 spiro atoms. The Morgan fingerprint density at radius 1 is 1.03 bits per heavy atom. The topological polar surface area (TPSA) is 61.0 Å². The second kappa shape index (κ2) is 8.95. The van der Waals surface area contributed by atoms with Crippen LogP contribution >= 0.6 is 22.9 Å². The van der Waals surface area contributed by atoms with Crippen molar-refractivity contribution in [2.75, 3.05) is 31.1 Å². The normalized spacial score (nSPS) is 14.9. The highest BCUT2D eigenvalue weighted by Crippen LogP contribution is 2.25. The van der Waals surface area contributed by atoms with Gasteiger partial charge < -0.3 is 4.90 Å². The molecule has 0 atom stereocenters. The molecule has 0 amide bonds. The maximum atomic E-state index is 8.94. The second-order valence-corrected chi connectivity index (χ2v) is 8.93. The lowest BCUT2D eigenvalue weighted by atomic mass is 10.1. The minimum absolute atomic E-state index is 0.705. The van der Waals surface area contributed by atoms with Gasteiger partial charge in [0.15, 0.2) is 0 Å². The molecule has 0 radical (unpaired) electrons. The van der Waals surface area contributed by atoms with Crippen molar-refractivity contribution in [1.29, 1.82) is 5.26 Å². The molecular formula is C21H23ClN6S. The molecule has 4 rings (SSSR count). The van der Waals surface area contributed by atoms with Crippen LogP contribution in [0.25, 0.3) is 0 Å². The Labute approximate surface area is 180 Å². The van der Waals surface area contributed by atoms with Gasteiger partial charge in [0.2, 0.25) is 5.95 Å². The molecule has 3 aromatic rings. The van der Waals surface area contributed by atoms with Gasteiger partial charge in [0.05, 0.1) is 22.5 Å². The number of rotatable bonds is 6. The first-order valence-corrected chi connectivity index (χ1v) is 11.0. The van der Waals surface area contributed by atoms with Gasteiger partial charge >= 0.3 is 0 Å². The number of anilines is 1. The highest BCUT2D eigenvalue weighted by atomic mass is 35.5. The maximum absolute atomic E-state index is 8.94. The lowest BCUT2D eigenvalue weighted by Gasteiger charge is -2.35. The van der Waals surface area contributed by atoms with E-state index >= 15 is 0 Å². The summed E-state index contributed by atoms with van der Waals surface area (Å²) in [6.45, 7) is 7.56. The highest BCUT2D eigenvalue weighted by molar-refractivity contribution is 7.16. The van der Waals surface area contributed by atoms with Crippen LogP contribution in [-0.4, -0.2) is 45.8 Å². The number of benzene rings is 1. The third-order valence-electron chi connectivity index (χ3n) is 5.21. The molecule has 1 fully saturated rings. The number of thiophene rings is 1. The van der Waals surface area contributed by atoms with Gasteiger partial charge in [0.1, 0.15) is 5.82 Å². The van der Waals surface area contributed by atoms with Crippen molar-refractivity contribution < 1.29 is 0 Å². The Balaban J connectivity index is 1.41. The summed E-state index contributed by atoms with van der Waals surface area (Å²) in [5, 5.41) is 17.9. The first kappa shape index (κ1) is 19.9. The highest BCUT2D eigenvalue weighted by Gasteiger charge is 2.23. The molecule has 0 unspecified atom stereocenters. The molecular weight excluding hydrogens is 404 g/mol. The van der Waals surface area contributed by atoms with Crippen molar-refractivity contribution in [1.82, 2.24) is 19.7 Å². The monoisotopic (exact) mass is 426 g/mol. The summed E-state index contributed by atoms with van der Waals surface area (Å²) in [7, 11) is 0. The van der Waals surface area contributed by atoms with Crippen LogP contribution in [0.2, 0.25) is 4.34 Å². The Morgan fingerprint density at radius 2 is 1.79 bits per heavy atom. The number of aromatic nitrogens is 3. The molecule has 2 aromatic heterocycles. The summed E-state index contributed by atoms with van der Waals surface area (Å²) in [5.74, 6) is 1.95. The smallest absolute Gasteiger partial charge is 0.227 e. The van der Waals surface area contributed by atoms with E-state index in [1.807, 2.05) is 30.3 Å². The van der Waals surface area contributed by atoms with E-state index in [4.69, 9.17) is 16.9 Å². The third-order valence-corrected chi connectivity index (χ3v) is 6.43. The van der Waals surface area contributed by atoms with E-state index in [1.54, 1.807) is 11.3 Å². The van der Waals surface area contributed by atoms with E-state index in [2.05, 4.69) is 43.6 Å². The Bertz CT molecular complexity index is 995. The van der Waals surface area contributed by atoms with Gasteiger partial charge in [-0.15, -0.1) is 21.5 Å². The average Bonchev–Trinajstić information content (AvgIpc) is 3.35. The fourth-order valence-corrected chi connectivity index (χ4v) is 4.70. The second-order valence-electron chi connectivity index (χ2n) is 7.13. The number of nitriles is 1. The van der Waals surface area contributed by atoms with E-state index in [-0.39, 0.29) is 0 Å². The summed E-state index contributed by atoms with van der Waals surface area (Å²) in [6.07, 6.45) is 0.852. The zero-order valence-corrected chi connectivity index (χ0v) is 18.0. The quantitative estimate of drug-likeness (QED) is 0.600. The van der Waals surface area contributed by atoms with Gasteiger partial charge in [-0.05, 0) is 29.8 Å². The average molecular weight is 427 g/mol. The molecule has 0 aliphatic carbocycles. The molecule has 0 saturated carbocycles. The van der Waals surface area contributed by atoms with Crippen molar-refractivity contribution in [3.8, 4) is 6.07 Å². The van der Waals surface area contributed by atoms with Gasteiger partial charge in [-0.3, -0.25) is 9.47 Å². The zero-order chi connectivity index (χ0) is 20.2. The van der Waals surface area contributed by atoms with Crippen LogP contribution < -0.4 is 4.90 Å². The van der Waals surface area contributed by atoms with Crippen molar-refractivity contribution in [3.63, 3.8) is 0 Å². The molecule has 1 saturated heterocycles. The molecule has 1 aliphatic heterocycles. The predicted molar refractivity (Wildman–Crippen MR) is 116 cm³/mol. The van der Waals surface area contributed by atoms with Gasteiger partial charge in [-0.2, -0.15) is 5.26 Å². The Hall–Kier alpha value is -2.40. The summed E-state index contributed by atoms with van der Waals surface area (Å²) < 4.78 is 3.03. The number of nitrogens with zero attached hydrogens (tertiary/aromatic N) is 6. The summed E-state index contributed by atoms with van der Waals surface area (Å²) in [5.41, 5.74) is 1.94. The van der Waals surface area contributed by atoms with Crippen LogP contribution in [0, 0.1) is 11.3 Å². The van der Waals surface area contributed by atoms with Crippen molar-refractivity contribution >= 4 is 28.9 Å². The summed E-state index contributed by atoms with van der Waals surface area (Å²) >= 11 is 7.72. The molecule has 29 heavy (non-hydrogen) atoms. The van der Waals surface area contributed by atoms with E-state index in [1.165, 1.54) is 10.4 Å². The van der Waals surface area contributed by atoms with Crippen molar-refractivity contribution in [3.05, 3.63) is 62.6 Å². The van der Waals surface area contributed by atoms with Crippen LogP contribution in [-0.2, 0) is 19.5 Å². The Morgan fingerprint density at radius 3 is 2.41 bits per heavy atom. The fourth-order valence-electron chi connectivity index (χ4n) is 3.62. The molecule has 0 N–H and O–H groups in total. The van der Waals surface area contributed by atoms with Crippen molar-refractivity contribution in [2.24, 2.45) is 0 Å². The SMILES string of the molecule is CCc1nnc(N2CCN(Cc3ccc(C#N)cc3)CC2)n1Cc1ccc(Cl)s1.